The molecule has 0 saturated heterocycles. The maximum absolute atomic E-state index is 5.26. The Bertz CT molecular complexity index is 3150. The summed E-state index contributed by atoms with van der Waals surface area (Å²) in [6, 6.07) is 70.8. The number of para-hydroxylation sites is 3. The molecule has 1 aliphatic rings. The molecule has 0 N–H and O–H groups in total. The molecular weight excluding hydrogens is 677 g/mol. The van der Waals surface area contributed by atoms with Gasteiger partial charge in [-0.25, -0.2) is 4.98 Å². The molecule has 264 valence electrons. The van der Waals surface area contributed by atoms with Crippen molar-refractivity contribution in [1.29, 1.82) is 0 Å². The van der Waals surface area contributed by atoms with Crippen molar-refractivity contribution in [1.82, 2.24) is 9.55 Å². The summed E-state index contributed by atoms with van der Waals surface area (Å²) in [4.78, 5) is 5.26. The molecule has 0 spiro atoms. The highest BCUT2D eigenvalue weighted by Gasteiger charge is 2.36. The lowest BCUT2D eigenvalue weighted by Gasteiger charge is -2.24. The minimum absolute atomic E-state index is 0.133. The Labute approximate surface area is 327 Å². The number of hydrogen-bond donors (Lipinski definition) is 0. The van der Waals surface area contributed by atoms with Crippen LogP contribution in [0.15, 0.2) is 194 Å². The molecule has 1 aromatic heterocycles. The van der Waals surface area contributed by atoms with Crippen molar-refractivity contribution < 1.29 is 0 Å². The minimum atomic E-state index is -0.133. The van der Waals surface area contributed by atoms with Gasteiger partial charge in [0.2, 0.25) is 0 Å². The molecule has 0 fully saturated rings. The Hall–Kier alpha value is -7.03. The van der Waals surface area contributed by atoms with Gasteiger partial charge in [0.05, 0.1) is 11.0 Å². The summed E-state index contributed by atoms with van der Waals surface area (Å²) in [5.74, 6) is 0.929. The number of fused-ring (bicyclic) bond motifs is 6. The van der Waals surface area contributed by atoms with Crippen molar-refractivity contribution in [2.75, 3.05) is 0 Å². The van der Waals surface area contributed by atoms with E-state index in [-0.39, 0.29) is 5.41 Å². The summed E-state index contributed by atoms with van der Waals surface area (Å²) < 4.78 is 2.29. The van der Waals surface area contributed by atoms with E-state index in [2.05, 4.69) is 213 Å². The quantitative estimate of drug-likeness (QED) is 0.162. The van der Waals surface area contributed by atoms with E-state index in [1.807, 2.05) is 0 Å². The average molecular weight is 715 g/mol. The lowest BCUT2D eigenvalue weighted by Crippen LogP contribution is -2.14. The van der Waals surface area contributed by atoms with Gasteiger partial charge in [0.15, 0.2) is 0 Å². The van der Waals surface area contributed by atoms with Crippen LogP contribution < -0.4 is 0 Å². The van der Waals surface area contributed by atoms with Crippen LogP contribution >= 0.6 is 0 Å². The van der Waals surface area contributed by atoms with Crippen LogP contribution in [0.1, 0.15) is 25.0 Å². The number of rotatable bonds is 5. The molecule has 0 radical (unpaired) electrons. The third-order valence-corrected chi connectivity index (χ3v) is 12.0. The minimum Gasteiger partial charge on any atom is -0.292 e. The monoisotopic (exact) mass is 714 g/mol. The van der Waals surface area contributed by atoms with Crippen LogP contribution in [0.5, 0.6) is 0 Å². The van der Waals surface area contributed by atoms with Gasteiger partial charge in [0, 0.05) is 16.7 Å². The van der Waals surface area contributed by atoms with E-state index in [9.17, 15) is 0 Å². The SMILES string of the molecule is CC1(C)c2ccccc2-c2cc3c(-c4cccc(-c5nc6ccccc6n5-c5ccccc5)c4)c4ccccc4c(-c4cccc(-c5ccccc5)c4)c3cc21. The van der Waals surface area contributed by atoms with Crippen LogP contribution in [-0.4, -0.2) is 9.55 Å². The smallest absolute Gasteiger partial charge is 0.145 e. The first-order valence-corrected chi connectivity index (χ1v) is 19.5. The number of imidazole rings is 1. The van der Waals surface area contributed by atoms with Gasteiger partial charge < -0.3 is 0 Å². The predicted molar refractivity (Wildman–Crippen MR) is 235 cm³/mol. The maximum Gasteiger partial charge on any atom is 0.145 e. The Morgan fingerprint density at radius 1 is 0.393 bits per heavy atom. The van der Waals surface area contributed by atoms with Gasteiger partial charge in [-0.2, -0.15) is 0 Å². The molecule has 0 atom stereocenters. The second-order valence-corrected chi connectivity index (χ2v) is 15.5. The topological polar surface area (TPSA) is 17.8 Å². The molecule has 11 rings (SSSR count). The van der Waals surface area contributed by atoms with E-state index in [0.29, 0.717) is 0 Å². The molecule has 0 unspecified atom stereocenters. The molecule has 0 bridgehead atoms. The van der Waals surface area contributed by atoms with Crippen LogP contribution in [-0.2, 0) is 5.41 Å². The first kappa shape index (κ1) is 32.4. The Morgan fingerprint density at radius 3 is 1.70 bits per heavy atom. The Morgan fingerprint density at radius 2 is 0.946 bits per heavy atom. The highest BCUT2D eigenvalue weighted by molar-refractivity contribution is 6.22. The number of benzene rings is 9. The normalized spacial score (nSPS) is 13.0. The molecule has 9 aromatic carbocycles. The summed E-state index contributed by atoms with van der Waals surface area (Å²) >= 11 is 0. The molecule has 0 saturated carbocycles. The van der Waals surface area contributed by atoms with Crippen molar-refractivity contribution in [2.24, 2.45) is 0 Å². The summed E-state index contributed by atoms with van der Waals surface area (Å²) in [5, 5.41) is 5.00. The largest absolute Gasteiger partial charge is 0.292 e. The van der Waals surface area contributed by atoms with E-state index in [4.69, 9.17) is 4.98 Å². The van der Waals surface area contributed by atoms with Gasteiger partial charge in [-0.3, -0.25) is 4.57 Å². The number of hydrogen-bond acceptors (Lipinski definition) is 1. The zero-order valence-electron chi connectivity index (χ0n) is 31.4. The number of nitrogens with zero attached hydrogens (tertiary/aromatic N) is 2. The Balaban J connectivity index is 1.22. The van der Waals surface area contributed by atoms with Gasteiger partial charge in [-0.05, 0) is 126 Å². The second kappa shape index (κ2) is 12.5. The summed E-state index contributed by atoms with van der Waals surface area (Å²) in [5.41, 5.74) is 16.8. The van der Waals surface area contributed by atoms with Crippen LogP contribution in [0.3, 0.4) is 0 Å². The molecule has 56 heavy (non-hydrogen) atoms. The molecule has 1 aliphatic carbocycles. The van der Waals surface area contributed by atoms with E-state index in [0.717, 1.165) is 28.1 Å². The Kier molecular flexibility index (Phi) is 7.24. The highest BCUT2D eigenvalue weighted by atomic mass is 15.1. The fourth-order valence-corrected chi connectivity index (χ4v) is 9.35. The molecule has 2 heteroatoms. The fraction of sp³-hybridized carbons (Fsp3) is 0.0556. The van der Waals surface area contributed by atoms with Gasteiger partial charge in [-0.15, -0.1) is 0 Å². The summed E-state index contributed by atoms with van der Waals surface area (Å²) in [7, 11) is 0. The van der Waals surface area contributed by atoms with Crippen molar-refractivity contribution in [3.63, 3.8) is 0 Å². The van der Waals surface area contributed by atoms with Crippen LogP contribution in [0, 0.1) is 0 Å². The summed E-state index contributed by atoms with van der Waals surface area (Å²) in [6.07, 6.45) is 0. The molecule has 0 amide bonds. The third kappa shape index (κ3) is 4.92. The fourth-order valence-electron chi connectivity index (χ4n) is 9.35. The highest BCUT2D eigenvalue weighted by Crippen LogP contribution is 2.53. The molecule has 0 aliphatic heterocycles. The second-order valence-electron chi connectivity index (χ2n) is 15.5. The van der Waals surface area contributed by atoms with Crippen molar-refractivity contribution >= 4 is 32.6 Å². The van der Waals surface area contributed by atoms with Crippen LogP contribution in [0.4, 0.5) is 0 Å². The van der Waals surface area contributed by atoms with Gasteiger partial charge in [0.1, 0.15) is 5.82 Å². The van der Waals surface area contributed by atoms with E-state index >= 15 is 0 Å². The molecule has 2 nitrogen and oxygen atoms in total. The van der Waals surface area contributed by atoms with Gasteiger partial charge in [0.25, 0.3) is 0 Å². The molecule has 1 heterocycles. The van der Waals surface area contributed by atoms with Crippen LogP contribution in [0.2, 0.25) is 0 Å². The van der Waals surface area contributed by atoms with E-state index in [1.54, 1.807) is 0 Å². The number of aromatic nitrogens is 2. The van der Waals surface area contributed by atoms with Crippen LogP contribution in [0.25, 0.3) is 94.2 Å². The zero-order chi connectivity index (χ0) is 37.4. The standard InChI is InChI=1S/C54H38N2/c1-54(2)47-28-12-11-25-41(47)44-33-45-46(34-48(44)54)52(37-20-15-19-36(31-37)35-17-5-3-6-18-35)43-27-10-9-26-42(43)51(45)38-21-16-22-39(32-38)53-55-49-29-13-14-30-50(49)56(53)40-23-7-4-8-24-40/h3-34H,1-2H3. The molecule has 10 aromatic rings. The van der Waals surface area contributed by atoms with Gasteiger partial charge >= 0.3 is 0 Å². The average Bonchev–Trinajstić information content (AvgIpc) is 3.75. The lowest BCUT2D eigenvalue weighted by atomic mass is 9.79. The summed E-state index contributed by atoms with van der Waals surface area (Å²) in [6.45, 7) is 4.76. The van der Waals surface area contributed by atoms with Crippen molar-refractivity contribution in [3.8, 4) is 61.6 Å². The maximum atomic E-state index is 5.26. The van der Waals surface area contributed by atoms with Crippen molar-refractivity contribution in [3.05, 3.63) is 205 Å². The first-order chi connectivity index (χ1) is 27.5. The first-order valence-electron chi connectivity index (χ1n) is 19.5. The van der Waals surface area contributed by atoms with Gasteiger partial charge in [-0.1, -0.05) is 159 Å². The third-order valence-electron chi connectivity index (χ3n) is 12.0. The zero-order valence-corrected chi connectivity index (χ0v) is 31.4. The molecular formula is C54H38N2. The predicted octanol–water partition coefficient (Wildman–Crippen LogP) is 14.3. The van der Waals surface area contributed by atoms with Crippen molar-refractivity contribution in [2.45, 2.75) is 19.3 Å². The lowest BCUT2D eigenvalue weighted by molar-refractivity contribution is 0.661. The van der Waals surface area contributed by atoms with E-state index < -0.39 is 0 Å². The van der Waals surface area contributed by atoms with E-state index in [1.165, 1.54) is 77.2 Å².